The van der Waals surface area contributed by atoms with E-state index in [-0.39, 0.29) is 25.5 Å². The second kappa shape index (κ2) is 13.1. The van der Waals surface area contributed by atoms with Crippen molar-refractivity contribution in [3.8, 4) is 11.4 Å². The third-order valence-electron chi connectivity index (χ3n) is 6.62. The average Bonchev–Trinajstić information content (AvgIpc) is 3.46. The Balaban J connectivity index is 1.45. The fourth-order valence-corrected chi connectivity index (χ4v) is 4.58. The molecule has 0 aliphatic rings. The number of tetrazole rings is 1. The fourth-order valence-electron chi connectivity index (χ4n) is 4.38. The van der Waals surface area contributed by atoms with Gasteiger partial charge in [-0.15, -0.1) is 10.2 Å². The maximum atomic E-state index is 14.0. The van der Waals surface area contributed by atoms with Gasteiger partial charge in [0, 0.05) is 36.1 Å². The largest absolute Gasteiger partial charge is 0.350 e. The highest BCUT2D eigenvalue weighted by molar-refractivity contribution is 6.31. The monoisotopic (exact) mass is 583 g/mol. The first-order chi connectivity index (χ1) is 20.4. The topological polar surface area (TPSA) is 106 Å². The van der Waals surface area contributed by atoms with Crippen LogP contribution in [-0.4, -0.2) is 41.9 Å². The Morgan fingerprint density at radius 3 is 2.40 bits per heavy atom. The Bertz CT molecular complexity index is 1660. The molecule has 2 heterocycles. The first-order valence-electron chi connectivity index (χ1n) is 13.2. The maximum absolute atomic E-state index is 14.0. The Morgan fingerprint density at radius 1 is 0.976 bits per heavy atom. The number of nitrogens with zero attached hydrogens (tertiary/aromatic N) is 6. The fraction of sp³-hybridized carbons (Fsp3) is 0.161. The molecule has 2 amide bonds. The Labute approximate surface area is 247 Å². The molecule has 42 heavy (non-hydrogen) atoms. The Hall–Kier alpha value is -4.96. The average molecular weight is 584 g/mol. The molecule has 0 bridgehead atoms. The lowest BCUT2D eigenvalue weighted by Crippen LogP contribution is -2.44. The first kappa shape index (κ1) is 28.6. The van der Waals surface area contributed by atoms with E-state index in [1.165, 1.54) is 21.8 Å². The van der Waals surface area contributed by atoms with Crippen LogP contribution in [0.25, 0.3) is 11.4 Å². The van der Waals surface area contributed by atoms with Crippen LogP contribution in [0.1, 0.15) is 28.3 Å². The van der Waals surface area contributed by atoms with E-state index in [2.05, 4.69) is 25.7 Å². The summed E-state index contributed by atoms with van der Waals surface area (Å²) in [5.41, 5.74) is 3.77. The van der Waals surface area contributed by atoms with Crippen LogP contribution in [0.5, 0.6) is 0 Å². The summed E-state index contributed by atoms with van der Waals surface area (Å²) >= 11 is 6.48. The molecular formula is C31H27ClFN7O2. The van der Waals surface area contributed by atoms with E-state index in [4.69, 9.17) is 11.6 Å². The minimum Gasteiger partial charge on any atom is -0.350 e. The molecule has 0 spiro atoms. The highest BCUT2D eigenvalue weighted by Crippen LogP contribution is 2.27. The van der Waals surface area contributed by atoms with Crippen LogP contribution in [-0.2, 0) is 29.2 Å². The molecule has 0 saturated carbocycles. The number of amides is 2. The summed E-state index contributed by atoms with van der Waals surface area (Å²) in [7, 11) is 0. The van der Waals surface area contributed by atoms with Gasteiger partial charge >= 0.3 is 0 Å². The van der Waals surface area contributed by atoms with Crippen LogP contribution in [0.15, 0.2) is 97.3 Å². The lowest BCUT2D eigenvalue weighted by Gasteiger charge is -2.31. The molecule has 9 nitrogen and oxygen atoms in total. The third-order valence-corrected chi connectivity index (χ3v) is 6.99. The van der Waals surface area contributed by atoms with Crippen molar-refractivity contribution in [3.05, 3.63) is 130 Å². The number of aryl methyl sites for hydroxylation is 1. The molecule has 1 unspecified atom stereocenters. The number of rotatable bonds is 10. The molecule has 0 aliphatic carbocycles. The van der Waals surface area contributed by atoms with E-state index >= 15 is 0 Å². The summed E-state index contributed by atoms with van der Waals surface area (Å²) in [6, 6.07) is 22.9. The van der Waals surface area contributed by atoms with Gasteiger partial charge < -0.3 is 10.2 Å². The zero-order valence-corrected chi connectivity index (χ0v) is 23.4. The molecule has 5 aromatic rings. The SMILES string of the molecule is Cc1ccc(-c2nnn(CC(=O)N(Cc3ccccc3Cl)C(C(=O)NCc3ccc(F)cc3)c3ccncc3)n2)cc1. The highest BCUT2D eigenvalue weighted by atomic mass is 35.5. The van der Waals surface area contributed by atoms with Crippen LogP contribution in [0, 0.1) is 12.7 Å². The normalized spacial score (nSPS) is 11.6. The van der Waals surface area contributed by atoms with Crippen LogP contribution >= 0.6 is 11.6 Å². The van der Waals surface area contributed by atoms with Gasteiger partial charge in [0.1, 0.15) is 18.4 Å². The van der Waals surface area contributed by atoms with Crippen molar-refractivity contribution >= 4 is 23.4 Å². The first-order valence-corrected chi connectivity index (χ1v) is 13.5. The standard InChI is InChI=1S/C31H27ClFN7O2/c1-21-6-10-24(11-7-21)30-36-38-40(37-30)20-28(41)39(19-25-4-2-3-5-27(25)32)29(23-14-16-34-17-15-23)31(42)35-18-22-8-12-26(33)13-9-22/h2-17,29H,18-20H2,1H3,(H,35,42). The zero-order chi connectivity index (χ0) is 29.5. The number of hydrogen-bond acceptors (Lipinski definition) is 6. The minimum atomic E-state index is -1.04. The summed E-state index contributed by atoms with van der Waals surface area (Å²) in [5, 5.41) is 15.9. The van der Waals surface area contributed by atoms with Crippen molar-refractivity contribution in [2.24, 2.45) is 0 Å². The van der Waals surface area contributed by atoms with E-state index < -0.39 is 17.9 Å². The maximum Gasteiger partial charge on any atom is 0.247 e. The van der Waals surface area contributed by atoms with Gasteiger partial charge in [0.05, 0.1) is 0 Å². The van der Waals surface area contributed by atoms with E-state index in [0.717, 1.165) is 11.1 Å². The second-order valence-corrected chi connectivity index (χ2v) is 10.1. The van der Waals surface area contributed by atoms with E-state index in [1.54, 1.807) is 54.9 Å². The van der Waals surface area contributed by atoms with Gasteiger partial charge in [-0.2, -0.15) is 4.80 Å². The number of nitrogens with one attached hydrogen (secondary N) is 1. The van der Waals surface area contributed by atoms with Gasteiger partial charge in [-0.05, 0) is 59.2 Å². The molecule has 1 N–H and O–H groups in total. The van der Waals surface area contributed by atoms with Crippen molar-refractivity contribution < 1.29 is 14.0 Å². The molecule has 0 saturated heterocycles. The quantitative estimate of drug-likeness (QED) is 0.250. The minimum absolute atomic E-state index is 0.0367. The van der Waals surface area contributed by atoms with Crippen molar-refractivity contribution in [1.29, 1.82) is 0 Å². The van der Waals surface area contributed by atoms with Crippen LogP contribution < -0.4 is 5.32 Å². The van der Waals surface area contributed by atoms with Gasteiger partial charge in [-0.1, -0.05) is 71.8 Å². The molecule has 0 radical (unpaired) electrons. The molecule has 0 fully saturated rings. The Kier molecular flexibility index (Phi) is 8.93. The molecule has 0 aliphatic heterocycles. The molecule has 1 atom stereocenters. The van der Waals surface area contributed by atoms with Gasteiger partial charge in [-0.3, -0.25) is 14.6 Å². The smallest absolute Gasteiger partial charge is 0.247 e. The molecule has 11 heteroatoms. The lowest BCUT2D eigenvalue weighted by molar-refractivity contribution is -0.142. The van der Waals surface area contributed by atoms with Gasteiger partial charge in [0.15, 0.2) is 0 Å². The molecule has 212 valence electrons. The number of aromatic nitrogens is 5. The summed E-state index contributed by atoms with van der Waals surface area (Å²) in [6.45, 7) is 1.89. The van der Waals surface area contributed by atoms with E-state index in [0.29, 0.717) is 27.5 Å². The van der Waals surface area contributed by atoms with E-state index in [9.17, 15) is 14.0 Å². The van der Waals surface area contributed by atoms with Crippen LogP contribution in [0.2, 0.25) is 5.02 Å². The number of hydrogen-bond donors (Lipinski definition) is 1. The Morgan fingerprint density at radius 2 is 1.69 bits per heavy atom. The van der Waals surface area contributed by atoms with Crippen molar-refractivity contribution in [2.45, 2.75) is 32.6 Å². The van der Waals surface area contributed by atoms with Gasteiger partial charge in [0.25, 0.3) is 0 Å². The summed E-state index contributed by atoms with van der Waals surface area (Å²) < 4.78 is 13.4. The molecule has 3 aromatic carbocycles. The molecular weight excluding hydrogens is 557 g/mol. The predicted molar refractivity (Wildman–Crippen MR) is 155 cm³/mol. The predicted octanol–water partition coefficient (Wildman–Crippen LogP) is 4.92. The summed E-state index contributed by atoms with van der Waals surface area (Å²) in [4.78, 5) is 34.5. The van der Waals surface area contributed by atoms with E-state index in [1.807, 2.05) is 37.3 Å². The van der Waals surface area contributed by atoms with Crippen molar-refractivity contribution in [3.63, 3.8) is 0 Å². The van der Waals surface area contributed by atoms with Crippen molar-refractivity contribution in [1.82, 2.24) is 35.4 Å². The van der Waals surface area contributed by atoms with Crippen LogP contribution in [0.4, 0.5) is 4.39 Å². The summed E-state index contributed by atoms with van der Waals surface area (Å²) in [6.07, 6.45) is 3.11. The second-order valence-electron chi connectivity index (χ2n) is 9.65. The number of halogens is 2. The molecule has 5 rings (SSSR count). The third kappa shape index (κ3) is 7.02. The van der Waals surface area contributed by atoms with Crippen molar-refractivity contribution in [2.75, 3.05) is 0 Å². The van der Waals surface area contributed by atoms with Gasteiger partial charge in [0.2, 0.25) is 17.6 Å². The number of pyridine rings is 1. The number of carbonyl (C=O) groups is 2. The number of benzene rings is 3. The number of carbonyl (C=O) groups excluding carboxylic acids is 2. The summed E-state index contributed by atoms with van der Waals surface area (Å²) in [5.74, 6) is -0.856. The van der Waals surface area contributed by atoms with Gasteiger partial charge in [-0.25, -0.2) is 4.39 Å². The van der Waals surface area contributed by atoms with Crippen LogP contribution in [0.3, 0.4) is 0 Å². The lowest BCUT2D eigenvalue weighted by atomic mass is 10.0. The molecule has 2 aromatic heterocycles. The zero-order valence-electron chi connectivity index (χ0n) is 22.7. The highest BCUT2D eigenvalue weighted by Gasteiger charge is 2.32.